The Morgan fingerprint density at radius 2 is 1.95 bits per heavy atom. The minimum absolute atomic E-state index is 0. The Labute approximate surface area is 135 Å². The van der Waals surface area contributed by atoms with E-state index in [1.165, 1.54) is 6.07 Å². The Hall–Kier alpha value is -0.540. The monoisotopic (exact) mass is 422 g/mol. The van der Waals surface area contributed by atoms with E-state index in [0.29, 0.717) is 10.1 Å². The smallest absolute Gasteiger partial charge is 0.350 e. The summed E-state index contributed by atoms with van der Waals surface area (Å²) in [6.45, 7) is 2.21. The molecule has 8 heteroatoms. The molecule has 20 heavy (non-hydrogen) atoms. The number of alkyl halides is 3. The highest BCUT2D eigenvalue weighted by atomic mass is 127. The van der Waals surface area contributed by atoms with Crippen molar-refractivity contribution < 1.29 is 18.0 Å². The van der Waals surface area contributed by atoms with Crippen LogP contribution in [0.25, 0.3) is 0 Å². The minimum atomic E-state index is -4.45. The molecule has 1 aromatic rings. The van der Waals surface area contributed by atoms with Crippen molar-refractivity contribution in [2.45, 2.75) is 19.1 Å². The van der Waals surface area contributed by atoms with E-state index >= 15 is 0 Å². The maximum absolute atomic E-state index is 12.6. The van der Waals surface area contributed by atoms with Crippen molar-refractivity contribution in [2.75, 3.05) is 13.6 Å². The Morgan fingerprint density at radius 1 is 1.35 bits per heavy atom. The SMILES string of the molecule is CNC(C)CNC(=O)c1cc(I)cc(C(F)(F)F)c1.Cl. The second-order valence-electron chi connectivity index (χ2n) is 4.13. The molecule has 0 spiro atoms. The Bertz CT molecular complexity index is 469. The summed E-state index contributed by atoms with van der Waals surface area (Å²) in [5.74, 6) is -0.508. The van der Waals surface area contributed by atoms with Gasteiger partial charge in [-0.1, -0.05) is 0 Å². The van der Waals surface area contributed by atoms with E-state index in [9.17, 15) is 18.0 Å². The fourth-order valence-corrected chi connectivity index (χ4v) is 2.01. The molecule has 1 unspecified atom stereocenters. The van der Waals surface area contributed by atoms with Crippen LogP contribution in [0, 0.1) is 3.57 Å². The molecule has 0 heterocycles. The molecule has 0 aliphatic carbocycles. The fraction of sp³-hybridized carbons (Fsp3) is 0.417. The van der Waals surface area contributed by atoms with Gasteiger partial charge in [0.1, 0.15) is 0 Å². The standard InChI is InChI=1S/C12H14F3IN2O.ClH/c1-7(17-2)6-18-11(19)8-3-9(12(13,14)15)5-10(16)4-8;/h3-5,7,17H,6H2,1-2H3,(H,18,19);1H. The van der Waals surface area contributed by atoms with Crippen molar-refractivity contribution in [3.05, 3.63) is 32.9 Å². The van der Waals surface area contributed by atoms with Gasteiger partial charge in [0.25, 0.3) is 5.91 Å². The van der Waals surface area contributed by atoms with E-state index in [0.717, 1.165) is 12.1 Å². The predicted octanol–water partition coefficient (Wildman–Crippen LogP) is 3.07. The third kappa shape index (κ3) is 5.84. The van der Waals surface area contributed by atoms with Crippen LogP contribution in [0.2, 0.25) is 0 Å². The van der Waals surface area contributed by atoms with Crippen molar-refractivity contribution >= 4 is 40.9 Å². The molecule has 0 aliphatic heterocycles. The van der Waals surface area contributed by atoms with E-state index in [2.05, 4.69) is 10.6 Å². The van der Waals surface area contributed by atoms with E-state index in [1.807, 2.05) is 6.92 Å². The molecule has 0 bridgehead atoms. The van der Waals surface area contributed by atoms with Crippen LogP contribution in [0.15, 0.2) is 18.2 Å². The van der Waals surface area contributed by atoms with Crippen LogP contribution in [0.3, 0.4) is 0 Å². The summed E-state index contributed by atoms with van der Waals surface area (Å²) < 4.78 is 38.3. The number of halogens is 5. The summed E-state index contributed by atoms with van der Waals surface area (Å²) in [7, 11) is 1.74. The second-order valence-corrected chi connectivity index (χ2v) is 5.37. The van der Waals surface area contributed by atoms with E-state index in [4.69, 9.17) is 0 Å². The number of hydrogen-bond donors (Lipinski definition) is 2. The summed E-state index contributed by atoms with van der Waals surface area (Å²) in [6, 6.07) is 3.35. The third-order valence-corrected chi connectivity index (χ3v) is 3.17. The lowest BCUT2D eigenvalue weighted by molar-refractivity contribution is -0.137. The van der Waals surface area contributed by atoms with Gasteiger partial charge in [0.15, 0.2) is 0 Å². The number of carbonyl (C=O) groups excluding carboxylic acids is 1. The normalized spacial score (nSPS) is 12.5. The van der Waals surface area contributed by atoms with Gasteiger partial charge in [-0.05, 0) is 54.8 Å². The lowest BCUT2D eigenvalue weighted by atomic mass is 10.1. The lowest BCUT2D eigenvalue weighted by Gasteiger charge is -2.13. The van der Waals surface area contributed by atoms with Gasteiger partial charge in [-0.25, -0.2) is 0 Å². The number of rotatable bonds is 4. The summed E-state index contributed by atoms with van der Waals surface area (Å²) in [5, 5.41) is 5.51. The molecule has 1 amide bonds. The van der Waals surface area contributed by atoms with Crippen LogP contribution in [0.1, 0.15) is 22.8 Å². The zero-order chi connectivity index (χ0) is 14.6. The van der Waals surface area contributed by atoms with E-state index in [1.54, 1.807) is 29.6 Å². The van der Waals surface area contributed by atoms with Crippen molar-refractivity contribution in [3.63, 3.8) is 0 Å². The highest BCUT2D eigenvalue weighted by Gasteiger charge is 2.31. The lowest BCUT2D eigenvalue weighted by Crippen LogP contribution is -2.37. The number of likely N-dealkylation sites (N-methyl/N-ethyl adjacent to an activating group) is 1. The van der Waals surface area contributed by atoms with Gasteiger partial charge < -0.3 is 10.6 Å². The molecule has 0 fully saturated rings. The maximum Gasteiger partial charge on any atom is 0.416 e. The molecule has 1 atom stereocenters. The quantitative estimate of drug-likeness (QED) is 0.733. The minimum Gasteiger partial charge on any atom is -0.350 e. The maximum atomic E-state index is 12.6. The summed E-state index contributed by atoms with van der Waals surface area (Å²) in [5.41, 5.74) is -0.797. The van der Waals surface area contributed by atoms with Crippen molar-refractivity contribution in [1.82, 2.24) is 10.6 Å². The largest absolute Gasteiger partial charge is 0.416 e. The van der Waals surface area contributed by atoms with Gasteiger partial charge in [-0.2, -0.15) is 13.2 Å². The molecule has 0 radical (unpaired) electrons. The first-order valence-electron chi connectivity index (χ1n) is 5.57. The van der Waals surface area contributed by atoms with Gasteiger partial charge in [0.05, 0.1) is 5.56 Å². The highest BCUT2D eigenvalue weighted by molar-refractivity contribution is 14.1. The molecule has 0 saturated heterocycles. The summed E-state index contributed by atoms with van der Waals surface area (Å²) in [4.78, 5) is 11.8. The topological polar surface area (TPSA) is 41.1 Å². The highest BCUT2D eigenvalue weighted by Crippen LogP contribution is 2.31. The Balaban J connectivity index is 0.00000361. The number of hydrogen-bond acceptors (Lipinski definition) is 2. The fourth-order valence-electron chi connectivity index (χ4n) is 1.33. The Morgan fingerprint density at radius 3 is 2.45 bits per heavy atom. The first-order chi connectivity index (χ1) is 8.74. The van der Waals surface area contributed by atoms with Crippen LogP contribution in [-0.2, 0) is 6.18 Å². The van der Waals surface area contributed by atoms with Gasteiger partial charge in [0, 0.05) is 21.7 Å². The average molecular weight is 423 g/mol. The van der Waals surface area contributed by atoms with Gasteiger partial charge in [-0.15, -0.1) is 12.4 Å². The van der Waals surface area contributed by atoms with E-state index in [-0.39, 0.29) is 24.0 Å². The van der Waals surface area contributed by atoms with Crippen LogP contribution in [0.4, 0.5) is 13.2 Å². The zero-order valence-corrected chi connectivity index (χ0v) is 13.8. The number of benzene rings is 1. The second kappa shape index (κ2) is 8.04. The molecule has 1 aromatic carbocycles. The molecule has 2 N–H and O–H groups in total. The summed E-state index contributed by atoms with van der Waals surface area (Å²) >= 11 is 1.76. The molecular formula is C12H15ClF3IN2O. The van der Waals surface area contributed by atoms with Gasteiger partial charge in [0.2, 0.25) is 0 Å². The number of carbonyl (C=O) groups is 1. The molecule has 0 aromatic heterocycles. The van der Waals surface area contributed by atoms with Gasteiger partial charge in [-0.3, -0.25) is 4.79 Å². The molecule has 114 valence electrons. The van der Waals surface area contributed by atoms with Crippen LogP contribution >= 0.6 is 35.0 Å². The van der Waals surface area contributed by atoms with Gasteiger partial charge >= 0.3 is 6.18 Å². The van der Waals surface area contributed by atoms with Crippen LogP contribution < -0.4 is 10.6 Å². The number of nitrogens with one attached hydrogen (secondary N) is 2. The van der Waals surface area contributed by atoms with Crippen molar-refractivity contribution in [1.29, 1.82) is 0 Å². The van der Waals surface area contributed by atoms with Crippen molar-refractivity contribution in [3.8, 4) is 0 Å². The zero-order valence-electron chi connectivity index (χ0n) is 10.8. The third-order valence-electron chi connectivity index (χ3n) is 2.55. The number of amides is 1. The van der Waals surface area contributed by atoms with Crippen LogP contribution in [-0.4, -0.2) is 25.5 Å². The average Bonchev–Trinajstić information content (AvgIpc) is 2.33. The molecule has 3 nitrogen and oxygen atoms in total. The predicted molar refractivity (Wildman–Crippen MR) is 82.3 cm³/mol. The molecular weight excluding hydrogens is 407 g/mol. The van der Waals surface area contributed by atoms with Crippen LogP contribution in [0.5, 0.6) is 0 Å². The van der Waals surface area contributed by atoms with E-state index < -0.39 is 17.6 Å². The first kappa shape index (κ1) is 19.5. The molecule has 0 aliphatic rings. The molecule has 0 saturated carbocycles. The first-order valence-corrected chi connectivity index (χ1v) is 6.65. The van der Waals surface area contributed by atoms with Crippen molar-refractivity contribution in [2.24, 2.45) is 0 Å². The Kier molecular flexibility index (Phi) is 7.82. The summed E-state index contributed by atoms with van der Waals surface area (Å²) in [6.07, 6.45) is -4.45. The molecule has 1 rings (SSSR count).